The van der Waals surface area contributed by atoms with E-state index >= 15 is 0 Å². The average Bonchev–Trinajstić information content (AvgIpc) is 3.05. The van der Waals surface area contributed by atoms with Gasteiger partial charge in [-0.05, 0) is 12.8 Å². The lowest BCUT2D eigenvalue weighted by Crippen LogP contribution is -2.30. The number of thioether (sulfide) groups is 1. The van der Waals surface area contributed by atoms with E-state index in [0.29, 0.717) is 12.6 Å². The molecule has 1 aromatic rings. The van der Waals surface area contributed by atoms with E-state index in [-0.39, 0.29) is 6.03 Å². The lowest BCUT2D eigenvalue weighted by Gasteiger charge is -2.13. The molecular weight excluding hydrogens is 264 g/mol. The molecule has 0 bridgehead atoms. The molecule has 8 heteroatoms. The van der Waals surface area contributed by atoms with Crippen molar-refractivity contribution in [1.82, 2.24) is 25.0 Å². The van der Waals surface area contributed by atoms with Gasteiger partial charge in [-0.25, -0.2) is 4.79 Å². The van der Waals surface area contributed by atoms with E-state index in [4.69, 9.17) is 5.73 Å². The Balaban J connectivity index is 1.57. The highest BCUT2D eigenvalue weighted by Crippen LogP contribution is 2.38. The maximum Gasteiger partial charge on any atom is 0.317 e. The quantitative estimate of drug-likeness (QED) is 0.727. The molecular formula is C11H18N6OS. The van der Waals surface area contributed by atoms with Crippen molar-refractivity contribution in [2.45, 2.75) is 30.6 Å². The number of hydrogen-bond donors (Lipinski definition) is 2. The van der Waals surface area contributed by atoms with Crippen molar-refractivity contribution in [1.29, 1.82) is 0 Å². The fourth-order valence-corrected chi connectivity index (χ4v) is 3.20. The van der Waals surface area contributed by atoms with Gasteiger partial charge in [-0.3, -0.25) is 0 Å². The highest BCUT2D eigenvalue weighted by Gasteiger charge is 2.29. The summed E-state index contributed by atoms with van der Waals surface area (Å²) in [7, 11) is 0. The second-order valence-electron chi connectivity index (χ2n) is 4.77. The summed E-state index contributed by atoms with van der Waals surface area (Å²) in [6, 6.07) is 0.568. The Morgan fingerprint density at radius 1 is 1.42 bits per heavy atom. The van der Waals surface area contributed by atoms with E-state index < -0.39 is 0 Å². The average molecular weight is 282 g/mol. The van der Waals surface area contributed by atoms with E-state index in [0.717, 1.165) is 36.4 Å². The van der Waals surface area contributed by atoms with Gasteiger partial charge in [0.15, 0.2) is 5.16 Å². The lowest BCUT2D eigenvalue weighted by atomic mass is 10.5. The first-order chi connectivity index (χ1) is 9.29. The van der Waals surface area contributed by atoms with Crippen molar-refractivity contribution < 1.29 is 4.79 Å². The molecule has 2 aliphatic rings. The monoisotopic (exact) mass is 282 g/mol. The Morgan fingerprint density at radius 3 is 2.89 bits per heavy atom. The summed E-state index contributed by atoms with van der Waals surface area (Å²) in [4.78, 5) is 13.2. The first-order valence-electron chi connectivity index (χ1n) is 6.59. The zero-order chi connectivity index (χ0) is 13.2. The van der Waals surface area contributed by atoms with Gasteiger partial charge in [0.1, 0.15) is 5.82 Å². The van der Waals surface area contributed by atoms with Gasteiger partial charge < -0.3 is 20.5 Å². The summed E-state index contributed by atoms with van der Waals surface area (Å²) in [6.45, 7) is 2.71. The molecule has 2 heterocycles. The Bertz CT molecular complexity index is 472. The van der Waals surface area contributed by atoms with Crippen LogP contribution < -0.4 is 11.1 Å². The van der Waals surface area contributed by atoms with Crippen LogP contribution in [0.1, 0.15) is 24.7 Å². The number of rotatable bonds is 6. The van der Waals surface area contributed by atoms with Gasteiger partial charge in [0.2, 0.25) is 0 Å². The standard InChI is InChI=1S/C11H18N6OS/c12-7-9-14-15-11(17(9)8-1-2-8)19-6-5-16-4-3-13-10(16)18/h8H,1-7,12H2,(H,13,18). The van der Waals surface area contributed by atoms with Crippen LogP contribution in [0.5, 0.6) is 0 Å². The first-order valence-corrected chi connectivity index (χ1v) is 7.57. The van der Waals surface area contributed by atoms with Crippen molar-refractivity contribution in [3.05, 3.63) is 5.82 Å². The van der Waals surface area contributed by atoms with Crippen LogP contribution in [0.2, 0.25) is 0 Å². The molecule has 0 aromatic carbocycles. The molecule has 1 aliphatic heterocycles. The van der Waals surface area contributed by atoms with Gasteiger partial charge in [-0.2, -0.15) is 0 Å². The Labute approximate surface area is 115 Å². The number of nitrogens with zero attached hydrogens (tertiary/aromatic N) is 4. The van der Waals surface area contributed by atoms with Gasteiger partial charge in [-0.15, -0.1) is 10.2 Å². The lowest BCUT2D eigenvalue weighted by molar-refractivity contribution is 0.220. The van der Waals surface area contributed by atoms with Crippen LogP contribution in [0.4, 0.5) is 4.79 Å². The maximum absolute atomic E-state index is 11.4. The molecule has 2 amide bonds. The van der Waals surface area contributed by atoms with Crippen LogP contribution >= 0.6 is 11.8 Å². The normalized spacial score (nSPS) is 19.0. The smallest absolute Gasteiger partial charge is 0.317 e. The number of hydrogen-bond acceptors (Lipinski definition) is 5. The third-order valence-corrected chi connectivity index (χ3v) is 4.29. The summed E-state index contributed by atoms with van der Waals surface area (Å²) in [5.41, 5.74) is 5.68. The number of nitrogens with two attached hydrogens (primary N) is 1. The molecule has 0 atom stereocenters. The molecule has 2 fully saturated rings. The maximum atomic E-state index is 11.4. The van der Waals surface area contributed by atoms with Crippen LogP contribution in [0.3, 0.4) is 0 Å². The molecule has 3 rings (SSSR count). The summed E-state index contributed by atoms with van der Waals surface area (Å²) < 4.78 is 2.16. The third kappa shape index (κ3) is 2.69. The molecule has 7 nitrogen and oxygen atoms in total. The van der Waals surface area contributed by atoms with E-state index in [1.54, 1.807) is 11.8 Å². The summed E-state index contributed by atoms with van der Waals surface area (Å²) in [5, 5.41) is 12.1. The van der Waals surface area contributed by atoms with E-state index in [1.807, 2.05) is 4.90 Å². The second-order valence-corrected chi connectivity index (χ2v) is 5.83. The highest BCUT2D eigenvalue weighted by molar-refractivity contribution is 7.99. The van der Waals surface area contributed by atoms with Gasteiger partial charge in [0.25, 0.3) is 0 Å². The summed E-state index contributed by atoms with van der Waals surface area (Å²) in [6.07, 6.45) is 2.38. The molecule has 3 N–H and O–H groups in total. The molecule has 104 valence electrons. The van der Waals surface area contributed by atoms with E-state index in [1.165, 1.54) is 12.8 Å². The number of carbonyl (C=O) groups is 1. The number of carbonyl (C=O) groups excluding carboxylic acids is 1. The molecule has 0 spiro atoms. The number of nitrogens with one attached hydrogen (secondary N) is 1. The predicted octanol–water partition coefficient (Wildman–Crippen LogP) is 0.189. The van der Waals surface area contributed by atoms with Crippen molar-refractivity contribution in [3.8, 4) is 0 Å². The van der Waals surface area contributed by atoms with Crippen molar-refractivity contribution in [2.75, 3.05) is 25.4 Å². The van der Waals surface area contributed by atoms with Gasteiger partial charge in [0.05, 0.1) is 6.54 Å². The topological polar surface area (TPSA) is 89.1 Å². The Kier molecular flexibility index (Phi) is 3.61. The minimum atomic E-state index is 0.0342. The van der Waals surface area contributed by atoms with Crippen LogP contribution in [-0.4, -0.2) is 51.1 Å². The van der Waals surface area contributed by atoms with Gasteiger partial charge in [0, 0.05) is 31.4 Å². The molecule has 1 aliphatic carbocycles. The van der Waals surface area contributed by atoms with Crippen LogP contribution in [-0.2, 0) is 6.54 Å². The van der Waals surface area contributed by atoms with Crippen molar-refractivity contribution >= 4 is 17.8 Å². The van der Waals surface area contributed by atoms with Crippen LogP contribution in [0, 0.1) is 0 Å². The van der Waals surface area contributed by atoms with E-state index in [2.05, 4.69) is 20.1 Å². The first kappa shape index (κ1) is 12.7. The van der Waals surface area contributed by atoms with E-state index in [9.17, 15) is 4.79 Å². The molecule has 1 saturated carbocycles. The highest BCUT2D eigenvalue weighted by atomic mass is 32.2. The number of aromatic nitrogens is 3. The number of urea groups is 1. The van der Waals surface area contributed by atoms with Crippen molar-refractivity contribution in [3.63, 3.8) is 0 Å². The minimum absolute atomic E-state index is 0.0342. The molecule has 19 heavy (non-hydrogen) atoms. The Morgan fingerprint density at radius 2 is 2.26 bits per heavy atom. The molecule has 1 saturated heterocycles. The third-order valence-electron chi connectivity index (χ3n) is 3.37. The largest absolute Gasteiger partial charge is 0.336 e. The second kappa shape index (κ2) is 5.38. The summed E-state index contributed by atoms with van der Waals surface area (Å²) >= 11 is 1.65. The zero-order valence-corrected chi connectivity index (χ0v) is 11.5. The fraction of sp³-hybridized carbons (Fsp3) is 0.727. The molecule has 0 unspecified atom stereocenters. The van der Waals surface area contributed by atoms with Crippen molar-refractivity contribution in [2.24, 2.45) is 5.73 Å². The van der Waals surface area contributed by atoms with Gasteiger partial charge >= 0.3 is 6.03 Å². The number of amides is 2. The SMILES string of the molecule is NCc1nnc(SCCN2CCNC2=O)n1C1CC1. The van der Waals surface area contributed by atoms with Gasteiger partial charge in [-0.1, -0.05) is 11.8 Å². The molecule has 0 radical (unpaired) electrons. The molecule has 1 aromatic heterocycles. The zero-order valence-electron chi connectivity index (χ0n) is 10.7. The summed E-state index contributed by atoms with van der Waals surface area (Å²) in [5.74, 6) is 1.70. The Hall–Kier alpha value is -1.28. The van der Waals surface area contributed by atoms with Crippen LogP contribution in [0.25, 0.3) is 0 Å². The fourth-order valence-electron chi connectivity index (χ4n) is 2.22. The predicted molar refractivity (Wildman–Crippen MR) is 71.9 cm³/mol. The van der Waals surface area contributed by atoms with Crippen LogP contribution in [0.15, 0.2) is 5.16 Å². The minimum Gasteiger partial charge on any atom is -0.336 e.